The molecule has 0 aliphatic carbocycles. The fraction of sp³-hybridized carbons (Fsp3) is 0.500. The van der Waals surface area contributed by atoms with Gasteiger partial charge in [0.15, 0.2) is 6.61 Å². The highest BCUT2D eigenvalue weighted by molar-refractivity contribution is 5.77. The van der Waals surface area contributed by atoms with Gasteiger partial charge in [-0.2, -0.15) is 13.2 Å². The zero-order valence-corrected chi connectivity index (χ0v) is 16.0. The fourth-order valence-corrected chi connectivity index (χ4v) is 3.21. The Morgan fingerprint density at radius 2 is 1.76 bits per heavy atom. The van der Waals surface area contributed by atoms with Crippen LogP contribution in [0.25, 0.3) is 0 Å². The van der Waals surface area contributed by atoms with Crippen molar-refractivity contribution in [2.75, 3.05) is 26.8 Å². The molecule has 1 aliphatic rings. The minimum atomic E-state index is -4.70. The van der Waals surface area contributed by atoms with Gasteiger partial charge < -0.3 is 14.4 Å². The van der Waals surface area contributed by atoms with E-state index in [0.717, 1.165) is 11.7 Å². The molecule has 29 heavy (non-hydrogen) atoms. The maximum Gasteiger partial charge on any atom is 0.451 e. The van der Waals surface area contributed by atoms with E-state index in [1.165, 1.54) is 0 Å². The second-order valence-corrected chi connectivity index (χ2v) is 6.68. The molecule has 1 aromatic heterocycles. The third-order valence-electron chi connectivity index (χ3n) is 4.84. The van der Waals surface area contributed by atoms with Gasteiger partial charge in [0.25, 0.3) is 5.91 Å². The molecule has 1 saturated heterocycles. The SMILES string of the molecule is COc1ccc(OCC(=O)N2CCC(n3nc(C(F)(F)F)n(C)c3=O)CC2)cc1. The van der Waals surface area contributed by atoms with E-state index < -0.39 is 23.7 Å². The lowest BCUT2D eigenvalue weighted by atomic mass is 10.1. The summed E-state index contributed by atoms with van der Waals surface area (Å²) < 4.78 is 50.7. The molecule has 0 unspecified atom stereocenters. The van der Waals surface area contributed by atoms with Crippen LogP contribution in [0.5, 0.6) is 11.5 Å². The third-order valence-corrected chi connectivity index (χ3v) is 4.84. The Morgan fingerprint density at radius 3 is 2.28 bits per heavy atom. The predicted octanol–water partition coefficient (Wildman–Crippen LogP) is 1.85. The number of carbonyl (C=O) groups is 1. The van der Waals surface area contributed by atoms with Gasteiger partial charge >= 0.3 is 11.9 Å². The predicted molar refractivity (Wildman–Crippen MR) is 95.8 cm³/mol. The number of halogens is 3. The average molecular weight is 414 g/mol. The van der Waals surface area contributed by atoms with E-state index in [2.05, 4.69) is 5.10 Å². The second-order valence-electron chi connectivity index (χ2n) is 6.68. The largest absolute Gasteiger partial charge is 0.497 e. The fourth-order valence-electron chi connectivity index (χ4n) is 3.21. The molecule has 0 atom stereocenters. The van der Waals surface area contributed by atoms with Crippen LogP contribution < -0.4 is 15.2 Å². The van der Waals surface area contributed by atoms with Gasteiger partial charge in [-0.05, 0) is 37.1 Å². The molecule has 0 N–H and O–H groups in total. The number of likely N-dealkylation sites (tertiary alicyclic amines) is 1. The Hall–Kier alpha value is -2.98. The number of nitrogens with zero attached hydrogens (tertiary/aromatic N) is 4. The van der Waals surface area contributed by atoms with Gasteiger partial charge in [0.2, 0.25) is 5.82 Å². The van der Waals surface area contributed by atoms with Crippen LogP contribution in [0.3, 0.4) is 0 Å². The van der Waals surface area contributed by atoms with Crippen molar-refractivity contribution in [1.82, 2.24) is 19.2 Å². The van der Waals surface area contributed by atoms with Crippen LogP contribution >= 0.6 is 0 Å². The van der Waals surface area contributed by atoms with Crippen molar-refractivity contribution in [3.63, 3.8) is 0 Å². The molecular weight excluding hydrogens is 393 g/mol. The van der Waals surface area contributed by atoms with Crippen molar-refractivity contribution in [3.05, 3.63) is 40.6 Å². The zero-order valence-electron chi connectivity index (χ0n) is 16.0. The van der Waals surface area contributed by atoms with E-state index in [9.17, 15) is 22.8 Å². The van der Waals surface area contributed by atoms with Gasteiger partial charge in [-0.15, -0.1) is 5.10 Å². The van der Waals surface area contributed by atoms with E-state index in [1.54, 1.807) is 36.3 Å². The van der Waals surface area contributed by atoms with Crippen molar-refractivity contribution in [2.45, 2.75) is 25.1 Å². The van der Waals surface area contributed by atoms with Crippen molar-refractivity contribution in [1.29, 1.82) is 0 Å². The Bertz CT molecular complexity index is 913. The monoisotopic (exact) mass is 414 g/mol. The minimum absolute atomic E-state index is 0.154. The molecular formula is C18H21F3N4O4. The first kappa shape index (κ1) is 20.7. The number of benzene rings is 1. The van der Waals surface area contributed by atoms with Crippen molar-refractivity contribution < 1.29 is 27.4 Å². The molecule has 0 spiro atoms. The number of hydrogen-bond acceptors (Lipinski definition) is 5. The van der Waals surface area contributed by atoms with Gasteiger partial charge in [0.1, 0.15) is 11.5 Å². The van der Waals surface area contributed by atoms with E-state index in [-0.39, 0.29) is 12.5 Å². The summed E-state index contributed by atoms with van der Waals surface area (Å²) in [4.78, 5) is 26.0. The van der Waals surface area contributed by atoms with E-state index in [1.807, 2.05) is 0 Å². The number of carbonyl (C=O) groups excluding carboxylic acids is 1. The van der Waals surface area contributed by atoms with Crippen molar-refractivity contribution >= 4 is 5.91 Å². The van der Waals surface area contributed by atoms with Crippen molar-refractivity contribution in [2.24, 2.45) is 7.05 Å². The third kappa shape index (κ3) is 4.54. The summed E-state index contributed by atoms with van der Waals surface area (Å²) in [5.74, 6) is -0.268. The molecule has 1 fully saturated rings. The van der Waals surface area contributed by atoms with E-state index >= 15 is 0 Å². The van der Waals surface area contributed by atoms with Crippen LogP contribution in [0.1, 0.15) is 24.7 Å². The van der Waals surface area contributed by atoms with Crippen molar-refractivity contribution in [3.8, 4) is 11.5 Å². The average Bonchev–Trinajstić information content (AvgIpc) is 3.02. The summed E-state index contributed by atoms with van der Waals surface area (Å²) in [6, 6.07) is 6.31. The normalized spacial score (nSPS) is 15.4. The molecule has 1 amide bonds. The van der Waals surface area contributed by atoms with Crippen LogP contribution in [-0.4, -0.2) is 52.0 Å². The highest BCUT2D eigenvalue weighted by atomic mass is 19.4. The first-order chi connectivity index (χ1) is 13.7. The summed E-state index contributed by atoms with van der Waals surface area (Å²) in [6.07, 6.45) is -4.03. The number of hydrogen-bond donors (Lipinski definition) is 0. The molecule has 2 heterocycles. The van der Waals surface area contributed by atoms with Gasteiger partial charge in [-0.25, -0.2) is 9.48 Å². The molecule has 3 rings (SSSR count). The van der Waals surface area contributed by atoms with Gasteiger partial charge in [0, 0.05) is 20.1 Å². The number of methoxy groups -OCH3 is 1. The maximum absolute atomic E-state index is 12.9. The van der Waals surface area contributed by atoms with Gasteiger partial charge in [-0.1, -0.05) is 0 Å². The Morgan fingerprint density at radius 1 is 1.17 bits per heavy atom. The van der Waals surface area contributed by atoms with Crippen LogP contribution in [-0.2, 0) is 18.0 Å². The number of alkyl halides is 3. The quantitative estimate of drug-likeness (QED) is 0.746. The molecule has 8 nitrogen and oxygen atoms in total. The van der Waals surface area contributed by atoms with Gasteiger partial charge in [-0.3, -0.25) is 9.36 Å². The summed E-state index contributed by atoms with van der Waals surface area (Å²) in [7, 11) is 2.59. The Kier molecular flexibility index (Phi) is 5.85. The highest BCUT2D eigenvalue weighted by Crippen LogP contribution is 2.28. The summed E-state index contributed by atoms with van der Waals surface area (Å²) >= 11 is 0. The molecule has 11 heteroatoms. The van der Waals surface area contributed by atoms with Crippen LogP contribution in [0, 0.1) is 0 Å². The molecule has 0 bridgehead atoms. The number of amides is 1. The van der Waals surface area contributed by atoms with E-state index in [4.69, 9.17) is 9.47 Å². The lowest BCUT2D eigenvalue weighted by Crippen LogP contribution is -2.43. The molecule has 1 aliphatic heterocycles. The topological polar surface area (TPSA) is 78.6 Å². The first-order valence-corrected chi connectivity index (χ1v) is 8.98. The molecule has 0 saturated carbocycles. The molecule has 158 valence electrons. The maximum atomic E-state index is 12.9. The number of rotatable bonds is 5. The minimum Gasteiger partial charge on any atom is -0.497 e. The summed E-state index contributed by atoms with van der Waals surface area (Å²) in [5.41, 5.74) is -0.815. The van der Waals surface area contributed by atoms with E-state index in [0.29, 0.717) is 42.0 Å². The zero-order chi connectivity index (χ0) is 21.2. The Balaban J connectivity index is 1.56. The lowest BCUT2D eigenvalue weighted by Gasteiger charge is -2.31. The lowest BCUT2D eigenvalue weighted by molar-refractivity contribution is -0.147. The molecule has 2 aromatic rings. The highest BCUT2D eigenvalue weighted by Gasteiger charge is 2.39. The second kappa shape index (κ2) is 8.18. The smallest absolute Gasteiger partial charge is 0.451 e. The molecule has 1 aromatic carbocycles. The number of aromatic nitrogens is 3. The van der Waals surface area contributed by atoms with Crippen LogP contribution in [0.2, 0.25) is 0 Å². The molecule has 0 radical (unpaired) electrons. The summed E-state index contributed by atoms with van der Waals surface area (Å²) in [5, 5.41) is 3.47. The first-order valence-electron chi connectivity index (χ1n) is 8.98. The van der Waals surface area contributed by atoms with Crippen LogP contribution in [0.15, 0.2) is 29.1 Å². The number of piperidine rings is 1. The summed E-state index contributed by atoms with van der Waals surface area (Å²) in [6.45, 7) is 0.457. The Labute approximate surface area is 164 Å². The number of ether oxygens (including phenoxy) is 2. The standard InChI is InChI=1S/C18H21F3N4O4/c1-23-16(18(19,20)21)22-25(17(23)27)12-7-9-24(10-8-12)15(26)11-29-14-5-3-13(28-2)4-6-14/h3-6,12H,7-11H2,1-2H3. The van der Waals surface area contributed by atoms with Gasteiger partial charge in [0.05, 0.1) is 13.2 Å². The van der Waals surface area contributed by atoms with Crippen LogP contribution in [0.4, 0.5) is 13.2 Å².